The molecule has 3 atom stereocenters. The Kier molecular flexibility index (Phi) is 3.60. The second kappa shape index (κ2) is 5.71. The van der Waals surface area contributed by atoms with Crippen molar-refractivity contribution in [2.75, 3.05) is 0 Å². The molecule has 0 unspecified atom stereocenters. The van der Waals surface area contributed by atoms with Crippen LogP contribution in [0.5, 0.6) is 0 Å². The molecule has 2 aromatic rings. The average molecular weight is 369 g/mol. The van der Waals surface area contributed by atoms with Gasteiger partial charge in [0.05, 0.1) is 22.7 Å². The summed E-state index contributed by atoms with van der Waals surface area (Å²) in [5.74, 6) is 1.25. The number of aromatic amines is 2. The van der Waals surface area contributed by atoms with Gasteiger partial charge >= 0.3 is 5.69 Å². The van der Waals surface area contributed by atoms with Crippen molar-refractivity contribution in [3.8, 4) is 0 Å². The highest BCUT2D eigenvalue weighted by Crippen LogP contribution is 2.62. The van der Waals surface area contributed by atoms with Crippen LogP contribution in [0.15, 0.2) is 23.0 Å². The quantitative estimate of drug-likeness (QED) is 0.667. The molecule has 4 aliphatic carbocycles. The summed E-state index contributed by atoms with van der Waals surface area (Å²) in [7, 11) is 0. The number of benzene rings is 1. The van der Waals surface area contributed by atoms with Gasteiger partial charge in [0.25, 0.3) is 0 Å². The predicted octanol–water partition coefficient (Wildman–Crippen LogP) is 2.75. The maximum absolute atomic E-state index is 12.8. The Bertz CT molecular complexity index is 945. The first-order valence-corrected chi connectivity index (χ1v) is 10.1. The topological polar surface area (TPSA) is 98.0 Å². The van der Waals surface area contributed by atoms with Crippen molar-refractivity contribution in [1.29, 1.82) is 0 Å². The number of carbonyl (C=O) groups is 1. The lowest BCUT2D eigenvalue weighted by atomic mass is 9.47. The lowest BCUT2D eigenvalue weighted by Gasteiger charge is -2.60. The molecule has 4 N–H and O–H groups in total. The first kappa shape index (κ1) is 17.0. The molecule has 0 radical (unpaired) electrons. The highest BCUT2D eigenvalue weighted by atomic mass is 16.3. The molecule has 1 aromatic carbocycles. The zero-order valence-electron chi connectivity index (χ0n) is 15.7. The summed E-state index contributed by atoms with van der Waals surface area (Å²) in [6, 6.07) is 5.58. The van der Waals surface area contributed by atoms with Gasteiger partial charge in [-0.05, 0) is 80.4 Å². The SMILES string of the molecule is C[C@@H](NC(=O)CC12C[C@H]3C[C@@H](CC(O)(C3)C1)C2)c1ccc2[nH]c(=O)[nH]c2c1. The number of hydrogen-bond donors (Lipinski definition) is 4. The van der Waals surface area contributed by atoms with E-state index >= 15 is 0 Å². The van der Waals surface area contributed by atoms with Gasteiger partial charge < -0.3 is 20.4 Å². The predicted molar refractivity (Wildman–Crippen MR) is 102 cm³/mol. The van der Waals surface area contributed by atoms with Gasteiger partial charge in [-0.25, -0.2) is 4.79 Å². The third-order valence-electron chi connectivity index (χ3n) is 7.10. The summed E-state index contributed by atoms with van der Waals surface area (Å²) < 4.78 is 0. The average Bonchev–Trinajstić information content (AvgIpc) is 2.90. The Hall–Kier alpha value is -2.08. The van der Waals surface area contributed by atoms with Crippen LogP contribution in [0.25, 0.3) is 11.0 Å². The molecule has 1 aromatic heterocycles. The van der Waals surface area contributed by atoms with E-state index < -0.39 is 5.60 Å². The van der Waals surface area contributed by atoms with Gasteiger partial charge in [0.2, 0.25) is 5.91 Å². The molecule has 144 valence electrons. The van der Waals surface area contributed by atoms with Crippen molar-refractivity contribution in [3.63, 3.8) is 0 Å². The second-order valence-electron chi connectivity index (χ2n) is 9.54. The number of imidazole rings is 1. The Morgan fingerprint density at radius 2 is 1.93 bits per heavy atom. The van der Waals surface area contributed by atoms with Crippen LogP contribution in [-0.4, -0.2) is 26.6 Å². The number of H-pyrrole nitrogens is 2. The van der Waals surface area contributed by atoms with Gasteiger partial charge in [0.1, 0.15) is 0 Å². The molecule has 27 heavy (non-hydrogen) atoms. The summed E-state index contributed by atoms with van der Waals surface area (Å²) in [6.45, 7) is 1.97. The largest absolute Gasteiger partial charge is 0.390 e. The summed E-state index contributed by atoms with van der Waals surface area (Å²) in [5.41, 5.74) is 1.72. The molecule has 6 heteroatoms. The van der Waals surface area contributed by atoms with E-state index in [1.54, 1.807) is 0 Å². The molecule has 4 aliphatic rings. The van der Waals surface area contributed by atoms with E-state index in [4.69, 9.17) is 0 Å². The smallest absolute Gasteiger partial charge is 0.323 e. The maximum atomic E-state index is 12.8. The zero-order chi connectivity index (χ0) is 18.8. The molecule has 1 heterocycles. The third kappa shape index (κ3) is 3.00. The van der Waals surface area contributed by atoms with E-state index in [1.165, 1.54) is 6.42 Å². The molecule has 4 fully saturated rings. The minimum absolute atomic E-state index is 0.0154. The van der Waals surface area contributed by atoms with Crippen molar-refractivity contribution in [3.05, 3.63) is 34.2 Å². The van der Waals surface area contributed by atoms with E-state index in [2.05, 4.69) is 15.3 Å². The summed E-state index contributed by atoms with van der Waals surface area (Å²) >= 11 is 0. The van der Waals surface area contributed by atoms with Crippen LogP contribution >= 0.6 is 0 Å². The van der Waals surface area contributed by atoms with Gasteiger partial charge in [0, 0.05) is 6.42 Å². The normalized spacial score (nSPS) is 35.5. The van der Waals surface area contributed by atoms with Crippen LogP contribution in [0.2, 0.25) is 0 Å². The molecule has 6 nitrogen and oxygen atoms in total. The second-order valence-corrected chi connectivity index (χ2v) is 9.54. The molecule has 0 spiro atoms. The minimum Gasteiger partial charge on any atom is -0.390 e. The molecule has 0 aliphatic heterocycles. The van der Waals surface area contributed by atoms with Gasteiger partial charge in [-0.2, -0.15) is 0 Å². The van der Waals surface area contributed by atoms with Gasteiger partial charge in [0.15, 0.2) is 0 Å². The fourth-order valence-corrected chi connectivity index (χ4v) is 6.64. The number of aromatic nitrogens is 2. The summed E-state index contributed by atoms with van der Waals surface area (Å²) in [4.78, 5) is 29.7. The van der Waals surface area contributed by atoms with Crippen LogP contribution in [0.1, 0.15) is 63.5 Å². The fraction of sp³-hybridized carbons (Fsp3) is 0.619. The lowest BCUT2D eigenvalue weighted by Crippen LogP contribution is -2.56. The van der Waals surface area contributed by atoms with Crippen LogP contribution in [0.3, 0.4) is 0 Å². The first-order chi connectivity index (χ1) is 12.8. The molecular weight excluding hydrogens is 342 g/mol. The van der Waals surface area contributed by atoms with E-state index in [-0.39, 0.29) is 23.1 Å². The van der Waals surface area contributed by atoms with Gasteiger partial charge in [-0.15, -0.1) is 0 Å². The number of nitrogens with one attached hydrogen (secondary N) is 3. The molecule has 1 amide bonds. The molecule has 4 bridgehead atoms. The van der Waals surface area contributed by atoms with Crippen molar-refractivity contribution in [2.45, 2.75) is 63.5 Å². The van der Waals surface area contributed by atoms with Crippen LogP contribution in [0.4, 0.5) is 0 Å². The summed E-state index contributed by atoms with van der Waals surface area (Å²) in [5, 5.41) is 14.0. The van der Waals surface area contributed by atoms with E-state index in [9.17, 15) is 14.7 Å². The number of aliphatic hydroxyl groups is 1. The summed E-state index contributed by atoms with van der Waals surface area (Å²) in [6.07, 6.45) is 6.56. The van der Waals surface area contributed by atoms with Crippen LogP contribution < -0.4 is 11.0 Å². The van der Waals surface area contributed by atoms with Gasteiger partial charge in [-0.1, -0.05) is 6.07 Å². The molecular formula is C21H27N3O3. The highest BCUT2D eigenvalue weighted by molar-refractivity contribution is 5.78. The Morgan fingerprint density at radius 3 is 2.63 bits per heavy atom. The number of rotatable bonds is 4. The van der Waals surface area contributed by atoms with E-state index in [0.717, 1.165) is 48.7 Å². The number of amides is 1. The molecule has 0 saturated heterocycles. The van der Waals surface area contributed by atoms with Crippen LogP contribution in [0, 0.1) is 17.3 Å². The Labute approximate surface area is 157 Å². The molecule has 6 rings (SSSR count). The van der Waals surface area contributed by atoms with Crippen molar-refractivity contribution < 1.29 is 9.90 Å². The highest BCUT2D eigenvalue weighted by Gasteiger charge is 2.57. The lowest BCUT2D eigenvalue weighted by molar-refractivity contribution is -0.169. The maximum Gasteiger partial charge on any atom is 0.323 e. The number of hydrogen-bond acceptors (Lipinski definition) is 3. The van der Waals surface area contributed by atoms with Crippen molar-refractivity contribution in [1.82, 2.24) is 15.3 Å². The van der Waals surface area contributed by atoms with Gasteiger partial charge in [-0.3, -0.25) is 4.79 Å². The van der Waals surface area contributed by atoms with E-state index in [1.807, 2.05) is 25.1 Å². The Morgan fingerprint density at radius 1 is 1.22 bits per heavy atom. The van der Waals surface area contributed by atoms with Crippen molar-refractivity contribution in [2.24, 2.45) is 17.3 Å². The van der Waals surface area contributed by atoms with Crippen molar-refractivity contribution >= 4 is 16.9 Å². The number of carbonyl (C=O) groups excluding carboxylic acids is 1. The molecule has 4 saturated carbocycles. The van der Waals surface area contributed by atoms with Crippen LogP contribution in [-0.2, 0) is 4.79 Å². The third-order valence-corrected chi connectivity index (χ3v) is 7.10. The fourth-order valence-electron chi connectivity index (χ4n) is 6.64. The number of fused-ring (bicyclic) bond motifs is 1. The monoisotopic (exact) mass is 369 g/mol. The van der Waals surface area contributed by atoms with E-state index in [0.29, 0.717) is 18.3 Å². The Balaban J connectivity index is 1.29. The first-order valence-electron chi connectivity index (χ1n) is 10.1. The standard InChI is InChI=1S/C21H27N3O3/c1-12(15-2-3-16-17(5-15)24-19(26)23-16)22-18(25)10-20-6-13-4-14(7-20)9-21(27,8-13)11-20/h2-3,5,12-14,27H,4,6-11H2,1H3,(H,22,25)(H2,23,24,26)/t12-,13-,14-,20?,21?/m1/s1. The zero-order valence-corrected chi connectivity index (χ0v) is 15.7. The minimum atomic E-state index is -0.527.